The van der Waals surface area contributed by atoms with Crippen LogP contribution in [0.2, 0.25) is 0 Å². The maximum Gasteiger partial charge on any atom is 0.0348 e. The van der Waals surface area contributed by atoms with Crippen LogP contribution in [0.5, 0.6) is 0 Å². The molecule has 1 aliphatic carbocycles. The fraction of sp³-hybridized carbons (Fsp3) is 0.647. The first-order chi connectivity index (χ1) is 9.11. The van der Waals surface area contributed by atoms with Crippen molar-refractivity contribution in [1.29, 1.82) is 0 Å². The van der Waals surface area contributed by atoms with E-state index in [1.54, 1.807) is 11.1 Å². The quantitative estimate of drug-likeness (QED) is 0.802. The lowest BCUT2D eigenvalue weighted by Gasteiger charge is -2.34. The number of aryl methyl sites for hydroxylation is 2. The molecule has 2 nitrogen and oxygen atoms in total. The van der Waals surface area contributed by atoms with Gasteiger partial charge in [0.15, 0.2) is 0 Å². The van der Waals surface area contributed by atoms with Gasteiger partial charge < -0.3 is 4.90 Å². The van der Waals surface area contributed by atoms with Gasteiger partial charge in [-0.25, -0.2) is 0 Å². The second kappa shape index (κ2) is 6.53. The molecule has 1 unspecified atom stereocenters. The normalized spacial score (nSPS) is 18.9. The number of hydrogen-bond acceptors (Lipinski definition) is 2. The van der Waals surface area contributed by atoms with Crippen molar-refractivity contribution in [2.75, 3.05) is 34.2 Å². The third-order valence-electron chi connectivity index (χ3n) is 4.33. The van der Waals surface area contributed by atoms with E-state index in [1.165, 1.54) is 24.8 Å². The lowest BCUT2D eigenvalue weighted by molar-refractivity contribution is 0.200. The molecule has 0 spiro atoms. The van der Waals surface area contributed by atoms with Crippen molar-refractivity contribution in [3.8, 4) is 0 Å². The molecule has 0 radical (unpaired) electrons. The summed E-state index contributed by atoms with van der Waals surface area (Å²) in [5, 5.41) is 0. The highest BCUT2D eigenvalue weighted by molar-refractivity contribution is 5.36. The summed E-state index contributed by atoms with van der Waals surface area (Å²) in [6.45, 7) is 4.53. The Morgan fingerprint density at radius 1 is 1.16 bits per heavy atom. The predicted molar refractivity (Wildman–Crippen MR) is 82.7 cm³/mol. The summed E-state index contributed by atoms with van der Waals surface area (Å²) in [5.41, 5.74) is 4.64. The summed E-state index contributed by atoms with van der Waals surface area (Å²) in [4.78, 5) is 4.81. The fourth-order valence-electron chi connectivity index (χ4n) is 3.01. The van der Waals surface area contributed by atoms with Gasteiger partial charge in [-0.05, 0) is 63.5 Å². The van der Waals surface area contributed by atoms with E-state index < -0.39 is 0 Å². The number of benzene rings is 1. The molecule has 0 heterocycles. The molecule has 1 aromatic carbocycles. The van der Waals surface area contributed by atoms with Crippen molar-refractivity contribution in [2.24, 2.45) is 0 Å². The lowest BCUT2D eigenvalue weighted by Crippen LogP contribution is -2.33. The smallest absolute Gasteiger partial charge is 0.0348 e. The highest BCUT2D eigenvalue weighted by Crippen LogP contribution is 2.34. The van der Waals surface area contributed by atoms with Crippen molar-refractivity contribution >= 4 is 0 Å². The zero-order chi connectivity index (χ0) is 13.8. The van der Waals surface area contributed by atoms with Crippen LogP contribution in [0.1, 0.15) is 42.5 Å². The third kappa shape index (κ3) is 3.58. The molecule has 1 aromatic rings. The highest BCUT2D eigenvalue weighted by Gasteiger charge is 2.23. The Bertz CT molecular complexity index is 412. The van der Waals surface area contributed by atoms with E-state index in [4.69, 9.17) is 0 Å². The first-order valence-corrected chi connectivity index (χ1v) is 7.58. The first kappa shape index (κ1) is 14.5. The summed E-state index contributed by atoms with van der Waals surface area (Å²) in [5.74, 6) is 0. The molecule has 1 atom stereocenters. The van der Waals surface area contributed by atoms with Crippen LogP contribution in [-0.2, 0) is 12.8 Å². The molecule has 0 amide bonds. The Labute approximate surface area is 118 Å². The molecule has 0 aliphatic heterocycles. The Hall–Kier alpha value is -0.860. The monoisotopic (exact) mass is 260 g/mol. The average Bonchev–Trinajstić information content (AvgIpc) is 2.43. The second-order valence-corrected chi connectivity index (χ2v) is 6.08. The molecule has 0 aromatic heterocycles. The van der Waals surface area contributed by atoms with Gasteiger partial charge in [-0.1, -0.05) is 25.1 Å². The van der Waals surface area contributed by atoms with Crippen LogP contribution in [0.3, 0.4) is 0 Å². The molecule has 0 bridgehead atoms. The number of hydrogen-bond donors (Lipinski definition) is 0. The van der Waals surface area contributed by atoms with Gasteiger partial charge in [0.25, 0.3) is 0 Å². The molecule has 0 fully saturated rings. The van der Waals surface area contributed by atoms with E-state index in [9.17, 15) is 0 Å². The van der Waals surface area contributed by atoms with Crippen LogP contribution in [0.25, 0.3) is 0 Å². The van der Waals surface area contributed by atoms with Gasteiger partial charge in [0.1, 0.15) is 0 Å². The van der Waals surface area contributed by atoms with Gasteiger partial charge in [-0.3, -0.25) is 4.90 Å². The number of fused-ring (bicyclic) bond motifs is 1. The Balaban J connectivity index is 2.15. The summed E-state index contributed by atoms with van der Waals surface area (Å²) < 4.78 is 0. The Morgan fingerprint density at radius 2 is 1.95 bits per heavy atom. The summed E-state index contributed by atoms with van der Waals surface area (Å²) >= 11 is 0. The number of likely N-dealkylation sites (N-methyl/N-ethyl adjacent to an activating group) is 2. The van der Waals surface area contributed by atoms with E-state index >= 15 is 0 Å². The minimum Gasteiger partial charge on any atom is -0.308 e. The SMILES string of the molecule is CCc1ccc2c(c1)C(N(C)CCN(C)C)CCC2. The summed E-state index contributed by atoms with van der Waals surface area (Å²) in [6.07, 6.45) is 5.04. The standard InChI is InChI=1S/C17H28N2/c1-5-14-9-10-15-7-6-8-17(16(15)13-14)19(4)12-11-18(2)3/h9-10,13,17H,5-8,11-12H2,1-4H3. The second-order valence-electron chi connectivity index (χ2n) is 6.08. The van der Waals surface area contributed by atoms with Crippen LogP contribution in [0, 0.1) is 0 Å². The lowest BCUT2D eigenvalue weighted by atomic mass is 9.85. The maximum absolute atomic E-state index is 2.54. The van der Waals surface area contributed by atoms with Crippen molar-refractivity contribution < 1.29 is 0 Å². The predicted octanol–water partition coefficient (Wildman–Crippen LogP) is 3.12. The van der Waals surface area contributed by atoms with Gasteiger partial charge in [0.05, 0.1) is 0 Å². The zero-order valence-electron chi connectivity index (χ0n) is 12.9. The highest BCUT2D eigenvalue weighted by atomic mass is 15.2. The zero-order valence-corrected chi connectivity index (χ0v) is 12.9. The van der Waals surface area contributed by atoms with Crippen LogP contribution >= 0.6 is 0 Å². The molecule has 19 heavy (non-hydrogen) atoms. The molecular formula is C17H28N2. The van der Waals surface area contributed by atoms with Crippen LogP contribution in [0.4, 0.5) is 0 Å². The number of nitrogens with zero attached hydrogens (tertiary/aromatic N) is 2. The van der Waals surface area contributed by atoms with Crippen LogP contribution in [-0.4, -0.2) is 44.0 Å². The minimum absolute atomic E-state index is 0.621. The molecule has 1 aliphatic rings. The topological polar surface area (TPSA) is 6.48 Å². The molecule has 2 rings (SSSR count). The Kier molecular flexibility index (Phi) is 5.00. The van der Waals surface area contributed by atoms with Crippen molar-refractivity contribution in [2.45, 2.75) is 38.6 Å². The van der Waals surface area contributed by atoms with Crippen LogP contribution in [0.15, 0.2) is 18.2 Å². The minimum atomic E-state index is 0.621. The molecule has 0 saturated heterocycles. The van der Waals surface area contributed by atoms with Crippen molar-refractivity contribution in [3.05, 3.63) is 34.9 Å². The fourth-order valence-corrected chi connectivity index (χ4v) is 3.01. The van der Waals surface area contributed by atoms with Gasteiger partial charge in [-0.2, -0.15) is 0 Å². The van der Waals surface area contributed by atoms with Crippen molar-refractivity contribution in [1.82, 2.24) is 9.80 Å². The van der Waals surface area contributed by atoms with E-state index in [0.29, 0.717) is 6.04 Å². The summed E-state index contributed by atoms with van der Waals surface area (Å²) in [6, 6.07) is 7.74. The van der Waals surface area contributed by atoms with Crippen molar-refractivity contribution in [3.63, 3.8) is 0 Å². The van der Waals surface area contributed by atoms with Gasteiger partial charge in [0.2, 0.25) is 0 Å². The summed E-state index contributed by atoms with van der Waals surface area (Å²) in [7, 11) is 6.58. The number of rotatable bonds is 5. The molecule has 0 saturated carbocycles. The van der Waals surface area contributed by atoms with E-state index in [0.717, 1.165) is 19.5 Å². The third-order valence-corrected chi connectivity index (χ3v) is 4.33. The maximum atomic E-state index is 2.54. The average molecular weight is 260 g/mol. The van der Waals surface area contributed by atoms with Gasteiger partial charge >= 0.3 is 0 Å². The molecule has 106 valence electrons. The Morgan fingerprint density at radius 3 is 2.63 bits per heavy atom. The largest absolute Gasteiger partial charge is 0.308 e. The molecule has 2 heteroatoms. The van der Waals surface area contributed by atoms with Gasteiger partial charge in [0, 0.05) is 19.1 Å². The van der Waals surface area contributed by atoms with E-state index in [1.807, 2.05) is 0 Å². The molecular weight excluding hydrogens is 232 g/mol. The van der Waals surface area contributed by atoms with Crippen LogP contribution < -0.4 is 0 Å². The van der Waals surface area contributed by atoms with Gasteiger partial charge in [-0.15, -0.1) is 0 Å². The van der Waals surface area contributed by atoms with E-state index in [2.05, 4.69) is 56.1 Å². The van der Waals surface area contributed by atoms with E-state index in [-0.39, 0.29) is 0 Å². The molecule has 0 N–H and O–H groups in total. The first-order valence-electron chi connectivity index (χ1n) is 7.58.